The predicted octanol–water partition coefficient (Wildman–Crippen LogP) is 3.77. The summed E-state index contributed by atoms with van der Waals surface area (Å²) in [5.41, 5.74) is 2.06. The van der Waals surface area contributed by atoms with Crippen LogP contribution in [0.3, 0.4) is 0 Å². The minimum absolute atomic E-state index is 0.0426. The SMILES string of the molecule is CC(C)(C)CNCc1nnc(CN(C=O)CC(C)(C)C)c2ccccc12. The molecule has 0 spiro atoms. The van der Waals surface area contributed by atoms with Crippen LogP contribution in [0.15, 0.2) is 24.3 Å². The molecule has 0 radical (unpaired) electrons. The van der Waals surface area contributed by atoms with Crippen molar-refractivity contribution in [3.05, 3.63) is 35.7 Å². The summed E-state index contributed by atoms with van der Waals surface area (Å²) in [5.74, 6) is 0. The van der Waals surface area contributed by atoms with Crippen LogP contribution < -0.4 is 5.32 Å². The van der Waals surface area contributed by atoms with Crippen LogP contribution in [-0.4, -0.2) is 34.6 Å². The first-order valence-corrected chi connectivity index (χ1v) is 9.22. The van der Waals surface area contributed by atoms with Gasteiger partial charge in [0.25, 0.3) is 0 Å². The number of carbonyl (C=O) groups is 1. The predicted molar refractivity (Wildman–Crippen MR) is 107 cm³/mol. The van der Waals surface area contributed by atoms with Crippen LogP contribution in [0.1, 0.15) is 52.9 Å². The fourth-order valence-electron chi connectivity index (χ4n) is 2.95. The van der Waals surface area contributed by atoms with Gasteiger partial charge >= 0.3 is 0 Å². The molecule has 0 aliphatic rings. The number of aromatic nitrogens is 2. The van der Waals surface area contributed by atoms with E-state index in [9.17, 15) is 4.79 Å². The average Bonchev–Trinajstić information content (AvgIpc) is 2.53. The van der Waals surface area contributed by atoms with Gasteiger partial charge in [0.15, 0.2) is 0 Å². The van der Waals surface area contributed by atoms with Crippen molar-refractivity contribution >= 4 is 17.2 Å². The Labute approximate surface area is 157 Å². The van der Waals surface area contributed by atoms with Crippen molar-refractivity contribution in [1.29, 1.82) is 0 Å². The van der Waals surface area contributed by atoms with Crippen molar-refractivity contribution in [3.63, 3.8) is 0 Å². The summed E-state index contributed by atoms with van der Waals surface area (Å²) in [6, 6.07) is 8.17. The molecule has 1 aromatic heterocycles. The van der Waals surface area contributed by atoms with E-state index < -0.39 is 0 Å². The molecule has 5 heteroatoms. The number of nitrogens with zero attached hydrogens (tertiary/aromatic N) is 3. The van der Waals surface area contributed by atoms with Crippen molar-refractivity contribution in [2.45, 2.75) is 54.6 Å². The van der Waals surface area contributed by atoms with Gasteiger partial charge in [-0.2, -0.15) is 10.2 Å². The van der Waals surface area contributed by atoms with Gasteiger partial charge in [0.05, 0.1) is 17.9 Å². The highest BCUT2D eigenvalue weighted by Gasteiger charge is 2.18. The van der Waals surface area contributed by atoms with E-state index in [4.69, 9.17) is 0 Å². The van der Waals surface area contributed by atoms with E-state index in [1.165, 1.54) is 0 Å². The van der Waals surface area contributed by atoms with Gasteiger partial charge in [-0.3, -0.25) is 4.79 Å². The van der Waals surface area contributed by atoms with Gasteiger partial charge in [-0.15, -0.1) is 0 Å². The zero-order valence-corrected chi connectivity index (χ0v) is 17.0. The van der Waals surface area contributed by atoms with Gasteiger partial charge in [-0.25, -0.2) is 0 Å². The number of fused-ring (bicyclic) bond motifs is 1. The molecule has 2 aromatic rings. The quantitative estimate of drug-likeness (QED) is 0.767. The van der Waals surface area contributed by atoms with Crippen LogP contribution >= 0.6 is 0 Å². The molecule has 5 nitrogen and oxygen atoms in total. The molecule has 0 atom stereocenters. The van der Waals surface area contributed by atoms with E-state index in [1.807, 2.05) is 12.1 Å². The summed E-state index contributed by atoms with van der Waals surface area (Å²) in [6.45, 7) is 15.7. The maximum atomic E-state index is 11.5. The lowest BCUT2D eigenvalue weighted by Gasteiger charge is -2.26. The van der Waals surface area contributed by atoms with Gasteiger partial charge in [0, 0.05) is 30.4 Å². The van der Waals surface area contributed by atoms with Crippen LogP contribution in [0, 0.1) is 10.8 Å². The zero-order valence-electron chi connectivity index (χ0n) is 17.0. The molecule has 0 aliphatic heterocycles. The first-order valence-electron chi connectivity index (χ1n) is 9.22. The second-order valence-corrected chi connectivity index (χ2v) is 9.37. The molecule has 26 heavy (non-hydrogen) atoms. The highest BCUT2D eigenvalue weighted by molar-refractivity contribution is 5.86. The maximum Gasteiger partial charge on any atom is 0.210 e. The number of hydrogen-bond donors (Lipinski definition) is 1. The van der Waals surface area contributed by atoms with Crippen LogP contribution in [0.4, 0.5) is 0 Å². The van der Waals surface area contributed by atoms with Crippen LogP contribution in [0.2, 0.25) is 0 Å². The van der Waals surface area contributed by atoms with E-state index in [-0.39, 0.29) is 10.8 Å². The fourth-order valence-corrected chi connectivity index (χ4v) is 2.95. The standard InChI is InChI=1S/C21H32N4O/c1-20(2,3)13-22-11-18-16-9-7-8-10-17(16)19(24-23-18)12-25(15-26)14-21(4,5)6/h7-10,15,22H,11-14H2,1-6H3. The topological polar surface area (TPSA) is 58.1 Å². The lowest BCUT2D eigenvalue weighted by molar-refractivity contribution is -0.119. The molecule has 1 aromatic carbocycles. The lowest BCUT2D eigenvalue weighted by atomic mass is 9.96. The third kappa shape index (κ3) is 6.06. The Bertz CT molecular complexity index is 744. The third-order valence-corrected chi connectivity index (χ3v) is 3.97. The van der Waals surface area contributed by atoms with Gasteiger partial charge in [0.2, 0.25) is 6.41 Å². The largest absolute Gasteiger partial charge is 0.339 e. The second-order valence-electron chi connectivity index (χ2n) is 9.37. The van der Waals surface area contributed by atoms with Crippen molar-refractivity contribution < 1.29 is 4.79 Å². The van der Waals surface area contributed by atoms with Gasteiger partial charge < -0.3 is 10.2 Å². The highest BCUT2D eigenvalue weighted by Crippen LogP contribution is 2.22. The summed E-state index contributed by atoms with van der Waals surface area (Å²) in [5, 5.41) is 14.5. The fraction of sp³-hybridized carbons (Fsp3) is 0.571. The third-order valence-electron chi connectivity index (χ3n) is 3.97. The molecule has 0 aliphatic carbocycles. The van der Waals surface area contributed by atoms with Crippen LogP contribution in [-0.2, 0) is 17.9 Å². The average molecular weight is 357 g/mol. The number of amides is 1. The van der Waals surface area contributed by atoms with Gasteiger partial charge in [-0.1, -0.05) is 65.8 Å². The maximum absolute atomic E-state index is 11.5. The molecule has 142 valence electrons. The minimum atomic E-state index is 0.0426. The molecular weight excluding hydrogens is 324 g/mol. The Kier molecular flexibility index (Phi) is 6.34. The first-order chi connectivity index (χ1) is 12.1. The van der Waals surface area contributed by atoms with Crippen molar-refractivity contribution in [2.75, 3.05) is 13.1 Å². The highest BCUT2D eigenvalue weighted by atomic mass is 16.1. The number of benzene rings is 1. The summed E-state index contributed by atoms with van der Waals surface area (Å²) >= 11 is 0. The van der Waals surface area contributed by atoms with Crippen molar-refractivity contribution in [1.82, 2.24) is 20.4 Å². The summed E-state index contributed by atoms with van der Waals surface area (Å²) in [6.07, 6.45) is 0.903. The number of rotatable bonds is 7. The molecule has 0 saturated heterocycles. The van der Waals surface area contributed by atoms with E-state index >= 15 is 0 Å². The van der Waals surface area contributed by atoms with Crippen LogP contribution in [0.5, 0.6) is 0 Å². The normalized spacial score (nSPS) is 12.4. The number of hydrogen-bond acceptors (Lipinski definition) is 4. The molecule has 0 saturated carbocycles. The van der Waals surface area contributed by atoms with E-state index in [0.29, 0.717) is 19.6 Å². The van der Waals surface area contributed by atoms with Crippen molar-refractivity contribution in [3.8, 4) is 0 Å². The Balaban J connectivity index is 2.24. The minimum Gasteiger partial charge on any atom is -0.339 e. The molecule has 1 heterocycles. The van der Waals surface area contributed by atoms with E-state index in [2.05, 4.69) is 69.2 Å². The Hall–Kier alpha value is -2.01. The second kappa shape index (κ2) is 8.12. The van der Waals surface area contributed by atoms with Crippen LogP contribution in [0.25, 0.3) is 10.8 Å². The molecule has 0 bridgehead atoms. The Morgan fingerprint density at radius 1 is 0.962 bits per heavy atom. The molecule has 2 rings (SSSR count). The van der Waals surface area contributed by atoms with Gasteiger partial charge in [-0.05, 0) is 10.8 Å². The molecule has 1 N–H and O–H groups in total. The molecule has 0 fully saturated rings. The zero-order chi connectivity index (χ0) is 19.4. The van der Waals surface area contributed by atoms with E-state index in [0.717, 1.165) is 35.1 Å². The monoisotopic (exact) mass is 356 g/mol. The lowest BCUT2D eigenvalue weighted by Crippen LogP contribution is -2.31. The summed E-state index contributed by atoms with van der Waals surface area (Å²) in [4.78, 5) is 13.3. The number of carbonyl (C=O) groups excluding carboxylic acids is 1. The Morgan fingerprint density at radius 2 is 1.54 bits per heavy atom. The molecular formula is C21H32N4O. The molecule has 0 unspecified atom stereocenters. The summed E-state index contributed by atoms with van der Waals surface area (Å²) < 4.78 is 0. The first kappa shape index (κ1) is 20.3. The van der Waals surface area contributed by atoms with Gasteiger partial charge in [0.1, 0.15) is 0 Å². The van der Waals surface area contributed by atoms with E-state index in [1.54, 1.807) is 4.90 Å². The summed E-state index contributed by atoms with van der Waals surface area (Å²) in [7, 11) is 0. The van der Waals surface area contributed by atoms with Crippen molar-refractivity contribution in [2.24, 2.45) is 10.8 Å². The smallest absolute Gasteiger partial charge is 0.210 e. The number of nitrogens with one attached hydrogen (secondary N) is 1. The molecule has 1 amide bonds. The Morgan fingerprint density at radius 3 is 2.08 bits per heavy atom.